The van der Waals surface area contributed by atoms with E-state index in [1.54, 1.807) is 0 Å². The molecule has 0 saturated heterocycles. The summed E-state index contributed by atoms with van der Waals surface area (Å²) in [4.78, 5) is 5.18. The van der Waals surface area contributed by atoms with Crippen LogP contribution in [-0.2, 0) is 5.41 Å². The maximum absolute atomic E-state index is 5.18. The predicted molar refractivity (Wildman–Crippen MR) is 204 cm³/mol. The Hall–Kier alpha value is -5.77. The molecule has 0 fully saturated rings. The zero-order valence-electron chi connectivity index (χ0n) is 27.7. The number of hydrogen-bond acceptors (Lipinski definition) is 3. The first-order chi connectivity index (χ1) is 24.0. The van der Waals surface area contributed by atoms with Crippen LogP contribution >= 0.6 is 0 Å². The summed E-state index contributed by atoms with van der Waals surface area (Å²) in [6.45, 7) is 4.75. The molecular formula is C46H37N3. The van der Waals surface area contributed by atoms with E-state index in [0.29, 0.717) is 0 Å². The monoisotopic (exact) mass is 631 g/mol. The molecule has 236 valence electrons. The molecule has 7 aromatic carbocycles. The van der Waals surface area contributed by atoms with Gasteiger partial charge in [0.05, 0.1) is 0 Å². The molecule has 1 heterocycles. The molecule has 7 aromatic rings. The summed E-state index contributed by atoms with van der Waals surface area (Å²) in [6.07, 6.45) is -0.234. The second-order valence-corrected chi connectivity index (χ2v) is 13.7. The first-order valence-corrected chi connectivity index (χ1v) is 17.1. The summed E-state index contributed by atoms with van der Waals surface area (Å²) in [7, 11) is 0. The average Bonchev–Trinajstić information content (AvgIpc) is 3.39. The summed E-state index contributed by atoms with van der Waals surface area (Å²) in [5.41, 5.74) is 13.7. The molecule has 0 saturated carbocycles. The minimum atomic E-state index is -0.164. The third-order valence-corrected chi connectivity index (χ3v) is 10.4. The smallest absolute Gasteiger partial charge is 0.131 e. The molecule has 2 atom stereocenters. The van der Waals surface area contributed by atoms with Crippen LogP contribution in [-0.4, -0.2) is 5.84 Å². The van der Waals surface area contributed by atoms with Gasteiger partial charge in [-0.15, -0.1) is 0 Å². The van der Waals surface area contributed by atoms with Gasteiger partial charge in [0.15, 0.2) is 0 Å². The first-order valence-electron chi connectivity index (χ1n) is 17.1. The second kappa shape index (κ2) is 11.7. The number of fused-ring (bicyclic) bond motifs is 4. The molecule has 2 aliphatic rings. The van der Waals surface area contributed by atoms with Crippen molar-refractivity contribution in [3.05, 3.63) is 192 Å². The molecule has 0 amide bonds. The lowest BCUT2D eigenvalue weighted by atomic mass is 9.80. The normalized spacial score (nSPS) is 17.6. The molecule has 0 radical (unpaired) electrons. The van der Waals surface area contributed by atoms with Gasteiger partial charge in [0, 0.05) is 11.0 Å². The maximum atomic E-state index is 5.18. The van der Waals surface area contributed by atoms with Crippen molar-refractivity contribution >= 4 is 16.6 Å². The van der Waals surface area contributed by atoms with Crippen molar-refractivity contribution in [3.8, 4) is 33.4 Å². The van der Waals surface area contributed by atoms with Crippen LogP contribution in [0.15, 0.2) is 169 Å². The van der Waals surface area contributed by atoms with E-state index in [4.69, 9.17) is 4.99 Å². The van der Waals surface area contributed by atoms with Crippen molar-refractivity contribution < 1.29 is 0 Å². The number of hydrogen-bond donors (Lipinski definition) is 2. The summed E-state index contributed by atoms with van der Waals surface area (Å²) >= 11 is 0. The van der Waals surface area contributed by atoms with Gasteiger partial charge in [0.1, 0.15) is 18.2 Å². The van der Waals surface area contributed by atoms with E-state index in [0.717, 1.165) is 17.0 Å². The Kier molecular flexibility index (Phi) is 7.03. The van der Waals surface area contributed by atoms with Crippen LogP contribution in [0.4, 0.5) is 0 Å². The van der Waals surface area contributed by atoms with Gasteiger partial charge in [-0.2, -0.15) is 0 Å². The largest absolute Gasteiger partial charge is 0.350 e. The molecule has 0 spiro atoms. The van der Waals surface area contributed by atoms with Crippen LogP contribution in [0.5, 0.6) is 0 Å². The maximum Gasteiger partial charge on any atom is 0.131 e. The molecule has 2 unspecified atom stereocenters. The highest BCUT2D eigenvalue weighted by atomic mass is 15.3. The van der Waals surface area contributed by atoms with Gasteiger partial charge in [0.2, 0.25) is 0 Å². The molecule has 9 rings (SSSR count). The Balaban J connectivity index is 1.16. The highest BCUT2D eigenvalue weighted by molar-refractivity contribution is 6.09. The Bertz CT molecular complexity index is 2340. The predicted octanol–water partition coefficient (Wildman–Crippen LogP) is 10.8. The van der Waals surface area contributed by atoms with Crippen LogP contribution in [0.2, 0.25) is 0 Å². The van der Waals surface area contributed by atoms with E-state index in [1.165, 1.54) is 60.8 Å². The summed E-state index contributed by atoms with van der Waals surface area (Å²) in [5.74, 6) is 0.885. The van der Waals surface area contributed by atoms with Crippen LogP contribution in [0.1, 0.15) is 54.0 Å². The molecule has 3 nitrogen and oxygen atoms in total. The van der Waals surface area contributed by atoms with Crippen molar-refractivity contribution in [1.29, 1.82) is 0 Å². The third-order valence-electron chi connectivity index (χ3n) is 10.4. The quantitative estimate of drug-likeness (QED) is 0.198. The summed E-state index contributed by atoms with van der Waals surface area (Å²) in [6, 6.07) is 59.0. The van der Waals surface area contributed by atoms with Crippen molar-refractivity contribution in [2.45, 2.75) is 31.6 Å². The topological polar surface area (TPSA) is 36.4 Å². The molecule has 2 N–H and O–H groups in total. The Morgan fingerprint density at radius 1 is 0.510 bits per heavy atom. The second-order valence-electron chi connectivity index (χ2n) is 13.7. The molecule has 0 bridgehead atoms. The lowest BCUT2D eigenvalue weighted by Gasteiger charge is -2.32. The van der Waals surface area contributed by atoms with Crippen molar-refractivity contribution in [3.63, 3.8) is 0 Å². The van der Waals surface area contributed by atoms with Crippen molar-refractivity contribution in [2.24, 2.45) is 4.99 Å². The number of nitrogens with zero attached hydrogens (tertiary/aromatic N) is 1. The molecule has 49 heavy (non-hydrogen) atoms. The van der Waals surface area contributed by atoms with E-state index < -0.39 is 0 Å². The SMILES string of the molecule is CC1(C)c2cc(-c3ccccc3)ccc2-c2c1cc1ccccc1c2-c1ccc(C2=NC(c3ccccc3)NC(c3ccccc3)N2)cc1. The van der Waals surface area contributed by atoms with E-state index in [1.807, 2.05) is 6.07 Å². The van der Waals surface area contributed by atoms with Crippen LogP contribution in [0.3, 0.4) is 0 Å². The molecular weight excluding hydrogens is 595 g/mol. The van der Waals surface area contributed by atoms with E-state index in [9.17, 15) is 0 Å². The van der Waals surface area contributed by atoms with Crippen molar-refractivity contribution in [2.75, 3.05) is 0 Å². The number of rotatable bonds is 5. The average molecular weight is 632 g/mol. The first kappa shape index (κ1) is 29.4. The minimum absolute atomic E-state index is 0.0700. The van der Waals surface area contributed by atoms with Gasteiger partial charge in [-0.05, 0) is 78.5 Å². The molecule has 3 heteroatoms. The van der Waals surface area contributed by atoms with Gasteiger partial charge in [-0.3, -0.25) is 5.32 Å². The van der Waals surface area contributed by atoms with Gasteiger partial charge < -0.3 is 5.32 Å². The summed E-state index contributed by atoms with van der Waals surface area (Å²) < 4.78 is 0. The van der Waals surface area contributed by atoms with E-state index in [2.05, 4.69) is 182 Å². The number of benzene rings is 7. The van der Waals surface area contributed by atoms with Crippen LogP contribution in [0.25, 0.3) is 44.2 Å². The Morgan fingerprint density at radius 3 is 1.86 bits per heavy atom. The lowest BCUT2D eigenvalue weighted by molar-refractivity contribution is 0.409. The van der Waals surface area contributed by atoms with Crippen molar-refractivity contribution in [1.82, 2.24) is 10.6 Å². The van der Waals surface area contributed by atoms with E-state index >= 15 is 0 Å². The van der Waals surface area contributed by atoms with Gasteiger partial charge in [0.25, 0.3) is 0 Å². The summed E-state index contributed by atoms with van der Waals surface area (Å²) in [5, 5.41) is 9.94. The fourth-order valence-corrected chi connectivity index (χ4v) is 7.78. The third kappa shape index (κ3) is 5.06. The van der Waals surface area contributed by atoms with Crippen LogP contribution in [0, 0.1) is 0 Å². The minimum Gasteiger partial charge on any atom is -0.350 e. The zero-order chi connectivity index (χ0) is 33.0. The number of nitrogens with one attached hydrogen (secondary N) is 2. The van der Waals surface area contributed by atoms with Crippen LogP contribution < -0.4 is 10.6 Å². The fraction of sp³-hybridized carbons (Fsp3) is 0.109. The number of amidine groups is 1. The fourth-order valence-electron chi connectivity index (χ4n) is 7.78. The molecule has 1 aliphatic carbocycles. The molecule has 0 aromatic heterocycles. The highest BCUT2D eigenvalue weighted by Gasteiger charge is 2.38. The van der Waals surface area contributed by atoms with E-state index in [-0.39, 0.29) is 17.7 Å². The highest BCUT2D eigenvalue weighted by Crippen LogP contribution is 2.55. The zero-order valence-corrected chi connectivity index (χ0v) is 27.7. The van der Waals surface area contributed by atoms with Gasteiger partial charge in [-0.25, -0.2) is 4.99 Å². The number of aliphatic imine (C=N–C) groups is 1. The van der Waals surface area contributed by atoms with Gasteiger partial charge in [-0.1, -0.05) is 166 Å². The Labute approximate surface area is 288 Å². The Morgan fingerprint density at radius 2 is 1.12 bits per heavy atom. The molecule has 1 aliphatic heterocycles. The van der Waals surface area contributed by atoms with Gasteiger partial charge >= 0.3 is 0 Å². The standard InChI is InChI=1S/C46H37N3/c1-46(2)39-28-35(30-14-6-3-7-15-30)26-27-38(39)42-40(46)29-36-20-12-13-21-37(36)41(42)31-22-24-34(25-23-31)45-48-43(32-16-8-4-9-17-32)47-44(49-45)33-18-10-5-11-19-33/h3-29,43-44,47H,1-2H3,(H,48,49). The lowest BCUT2D eigenvalue weighted by Crippen LogP contribution is -2.44.